The summed E-state index contributed by atoms with van der Waals surface area (Å²) >= 11 is 5.88. The van der Waals surface area contributed by atoms with Gasteiger partial charge in [-0.1, -0.05) is 11.3 Å². The van der Waals surface area contributed by atoms with Gasteiger partial charge in [-0.05, 0) is 11.6 Å². The molecule has 1 rings (SSSR count). The maximum Gasteiger partial charge on any atom is 0.290 e. The van der Waals surface area contributed by atoms with Crippen molar-refractivity contribution in [1.82, 2.24) is 10.2 Å². The summed E-state index contributed by atoms with van der Waals surface area (Å²) in [7, 11) is 0. The molecule has 0 amide bonds. The molecular formula is C2ClFN2S. The highest BCUT2D eigenvalue weighted by atomic mass is 35.5. The second-order valence-corrected chi connectivity index (χ2v) is 2.32. The maximum absolute atomic E-state index is 11.7. The first-order chi connectivity index (χ1) is 3.29. The summed E-state index contributed by atoms with van der Waals surface area (Å²) in [5.41, 5.74) is 0. The van der Waals surface area contributed by atoms with Gasteiger partial charge in [0.2, 0.25) is 4.47 Å². The van der Waals surface area contributed by atoms with Gasteiger partial charge in [0.25, 0.3) is 5.26 Å². The number of rotatable bonds is 0. The van der Waals surface area contributed by atoms with Gasteiger partial charge in [-0.3, -0.25) is 0 Å². The molecule has 0 unspecified atom stereocenters. The van der Waals surface area contributed by atoms with E-state index in [0.29, 0.717) is 0 Å². The lowest BCUT2D eigenvalue weighted by atomic mass is 11.5. The predicted octanol–water partition coefficient (Wildman–Crippen LogP) is 1.33. The number of hydrogen-bond acceptors (Lipinski definition) is 3. The Kier molecular flexibility index (Phi) is 1.21. The minimum atomic E-state index is -0.593. The molecule has 0 fully saturated rings. The van der Waals surface area contributed by atoms with E-state index in [4.69, 9.17) is 11.6 Å². The van der Waals surface area contributed by atoms with Gasteiger partial charge in [0.15, 0.2) is 0 Å². The van der Waals surface area contributed by atoms with Crippen molar-refractivity contribution in [2.45, 2.75) is 0 Å². The third-order valence-corrected chi connectivity index (χ3v) is 1.18. The largest absolute Gasteiger partial charge is 0.290 e. The topological polar surface area (TPSA) is 25.8 Å². The van der Waals surface area contributed by atoms with Crippen molar-refractivity contribution >= 4 is 22.9 Å². The Balaban J connectivity index is 3.04. The minimum absolute atomic E-state index is 0.137. The Hall–Kier alpha value is -0.220. The molecule has 0 aliphatic rings. The Bertz CT molecular complexity index is 148. The van der Waals surface area contributed by atoms with Gasteiger partial charge in [0, 0.05) is 0 Å². The maximum atomic E-state index is 11.7. The van der Waals surface area contributed by atoms with Crippen LogP contribution in [0.1, 0.15) is 0 Å². The van der Waals surface area contributed by atoms with Gasteiger partial charge < -0.3 is 0 Å². The van der Waals surface area contributed by atoms with Crippen LogP contribution in [0.2, 0.25) is 4.47 Å². The van der Waals surface area contributed by atoms with Crippen LogP contribution in [0.5, 0.6) is 0 Å². The molecule has 0 atom stereocenters. The van der Waals surface area contributed by atoms with Crippen LogP contribution in [0.3, 0.4) is 0 Å². The van der Waals surface area contributed by atoms with Gasteiger partial charge in [-0.15, -0.1) is 10.2 Å². The second kappa shape index (κ2) is 1.71. The molecular weight excluding hydrogens is 139 g/mol. The Morgan fingerprint density at radius 3 is 2.43 bits per heavy atom. The molecule has 0 aliphatic carbocycles. The van der Waals surface area contributed by atoms with Crippen LogP contribution in [0, 0.1) is 5.26 Å². The van der Waals surface area contributed by atoms with Crippen LogP contribution in [-0.2, 0) is 0 Å². The summed E-state index contributed by atoms with van der Waals surface area (Å²) in [5, 5.41) is 5.57. The summed E-state index contributed by atoms with van der Waals surface area (Å²) in [5.74, 6) is 0. The highest BCUT2D eigenvalue weighted by Gasteiger charge is 1.95. The normalized spacial score (nSPS) is 9.43. The Morgan fingerprint density at radius 2 is 2.29 bits per heavy atom. The van der Waals surface area contributed by atoms with Crippen LogP contribution >= 0.6 is 22.9 Å². The summed E-state index contributed by atoms with van der Waals surface area (Å²) in [6, 6.07) is 0. The first kappa shape index (κ1) is 4.93. The number of hydrogen-bond donors (Lipinski definition) is 0. The van der Waals surface area contributed by atoms with E-state index in [2.05, 4.69) is 10.2 Å². The summed E-state index contributed by atoms with van der Waals surface area (Å²) < 4.78 is 11.8. The van der Waals surface area contributed by atoms with Crippen LogP contribution in [-0.4, -0.2) is 10.2 Å². The van der Waals surface area contributed by atoms with Crippen molar-refractivity contribution in [3.63, 3.8) is 0 Å². The Labute approximate surface area is 47.9 Å². The first-order valence-electron chi connectivity index (χ1n) is 1.43. The molecule has 0 aliphatic heterocycles. The van der Waals surface area contributed by atoms with E-state index < -0.39 is 5.26 Å². The molecule has 1 aromatic rings. The van der Waals surface area contributed by atoms with Crippen LogP contribution in [0.25, 0.3) is 0 Å². The summed E-state index contributed by atoms with van der Waals surface area (Å²) in [4.78, 5) is 0. The number of aromatic nitrogens is 2. The van der Waals surface area contributed by atoms with Gasteiger partial charge in [0.05, 0.1) is 0 Å². The third-order valence-electron chi connectivity index (χ3n) is 0.376. The molecule has 0 saturated carbocycles. The number of nitrogens with zero attached hydrogens (tertiary/aromatic N) is 2. The smallest absolute Gasteiger partial charge is 0.171 e. The van der Waals surface area contributed by atoms with Crippen molar-refractivity contribution in [2.75, 3.05) is 0 Å². The van der Waals surface area contributed by atoms with Crippen LogP contribution < -0.4 is 0 Å². The molecule has 2 nitrogen and oxygen atoms in total. The van der Waals surface area contributed by atoms with E-state index in [1.165, 1.54) is 0 Å². The fourth-order valence-corrected chi connectivity index (χ4v) is 0.720. The molecule has 1 heterocycles. The van der Waals surface area contributed by atoms with Gasteiger partial charge in [0.1, 0.15) is 0 Å². The average molecular weight is 139 g/mol. The zero-order valence-corrected chi connectivity index (χ0v) is 4.63. The minimum Gasteiger partial charge on any atom is -0.171 e. The SMILES string of the molecule is Fc1nnc(Cl)s1. The second-order valence-electron chi connectivity index (χ2n) is 0.808. The zero-order chi connectivity index (χ0) is 5.28. The highest BCUT2D eigenvalue weighted by Crippen LogP contribution is 2.11. The summed E-state index contributed by atoms with van der Waals surface area (Å²) in [6.07, 6.45) is 0. The van der Waals surface area contributed by atoms with Crippen LogP contribution in [0.15, 0.2) is 0 Å². The fraction of sp³-hybridized carbons (Fsp3) is 0. The molecule has 0 N–H and O–H groups in total. The molecule has 0 radical (unpaired) electrons. The lowest BCUT2D eigenvalue weighted by Gasteiger charge is -1.59. The van der Waals surface area contributed by atoms with E-state index >= 15 is 0 Å². The van der Waals surface area contributed by atoms with E-state index in [1.54, 1.807) is 0 Å². The lowest BCUT2D eigenvalue weighted by Crippen LogP contribution is -1.66. The molecule has 1 aromatic heterocycles. The standard InChI is InChI=1S/C2ClFN2S/c3-1-5-6-2(4)7-1. The van der Waals surface area contributed by atoms with Crippen molar-refractivity contribution in [2.24, 2.45) is 0 Å². The Morgan fingerprint density at radius 1 is 1.57 bits per heavy atom. The van der Waals surface area contributed by atoms with Crippen molar-refractivity contribution in [3.05, 3.63) is 9.73 Å². The lowest BCUT2D eigenvalue weighted by molar-refractivity contribution is 0.601. The first-order valence-corrected chi connectivity index (χ1v) is 2.63. The average Bonchev–Trinajstić information content (AvgIpc) is 1.87. The molecule has 0 spiro atoms. The molecule has 0 saturated heterocycles. The monoisotopic (exact) mass is 138 g/mol. The van der Waals surface area contributed by atoms with E-state index in [0.717, 1.165) is 11.3 Å². The van der Waals surface area contributed by atoms with Gasteiger partial charge >= 0.3 is 0 Å². The quantitative estimate of drug-likeness (QED) is 0.541. The number of halogens is 2. The van der Waals surface area contributed by atoms with Crippen molar-refractivity contribution in [3.8, 4) is 0 Å². The van der Waals surface area contributed by atoms with Crippen molar-refractivity contribution < 1.29 is 4.39 Å². The third kappa shape index (κ3) is 1.07. The predicted molar refractivity (Wildman–Crippen MR) is 24.9 cm³/mol. The highest BCUT2D eigenvalue weighted by molar-refractivity contribution is 7.13. The van der Waals surface area contributed by atoms with Crippen LogP contribution in [0.4, 0.5) is 4.39 Å². The van der Waals surface area contributed by atoms with E-state index in [-0.39, 0.29) is 4.47 Å². The van der Waals surface area contributed by atoms with E-state index in [1.807, 2.05) is 0 Å². The van der Waals surface area contributed by atoms with Gasteiger partial charge in [-0.2, -0.15) is 4.39 Å². The summed E-state index contributed by atoms with van der Waals surface area (Å²) in [6.45, 7) is 0. The molecule has 0 bridgehead atoms. The van der Waals surface area contributed by atoms with Crippen molar-refractivity contribution in [1.29, 1.82) is 0 Å². The molecule has 7 heavy (non-hydrogen) atoms. The zero-order valence-electron chi connectivity index (χ0n) is 3.06. The van der Waals surface area contributed by atoms with E-state index in [9.17, 15) is 4.39 Å². The molecule has 5 heteroatoms. The van der Waals surface area contributed by atoms with Gasteiger partial charge in [-0.25, -0.2) is 0 Å². The molecule has 0 aromatic carbocycles. The molecule has 38 valence electrons. The fourth-order valence-electron chi connectivity index (χ4n) is 0.189.